The Morgan fingerprint density at radius 1 is 1.03 bits per heavy atom. The Labute approximate surface area is 200 Å². The first kappa shape index (κ1) is 24.4. The van der Waals surface area contributed by atoms with Gasteiger partial charge in [0.25, 0.3) is 5.91 Å². The molecule has 0 heterocycles. The number of anilines is 1. The minimum absolute atomic E-state index is 0.0431. The number of hydrogen-bond donors (Lipinski definition) is 1. The van der Waals surface area contributed by atoms with Crippen LogP contribution in [-0.4, -0.2) is 19.1 Å². The van der Waals surface area contributed by atoms with Crippen molar-refractivity contribution in [3.05, 3.63) is 89.0 Å². The molecule has 3 aromatic rings. The molecule has 0 fully saturated rings. The Kier molecular flexibility index (Phi) is 8.31. The molecule has 34 heavy (non-hydrogen) atoms. The molecule has 0 unspecified atom stereocenters. The molecule has 0 saturated carbocycles. The van der Waals surface area contributed by atoms with Crippen LogP contribution in [0.25, 0.3) is 6.08 Å². The van der Waals surface area contributed by atoms with Gasteiger partial charge in [0.05, 0.1) is 13.2 Å². The van der Waals surface area contributed by atoms with Crippen molar-refractivity contribution in [2.24, 2.45) is 0 Å². The minimum atomic E-state index is -0.512. The monoisotopic (exact) mass is 456 g/mol. The lowest BCUT2D eigenvalue weighted by Crippen LogP contribution is -2.13. The van der Waals surface area contributed by atoms with E-state index in [-0.39, 0.29) is 11.7 Å². The summed E-state index contributed by atoms with van der Waals surface area (Å²) in [6, 6.07) is 22.4. The van der Waals surface area contributed by atoms with E-state index in [1.165, 1.54) is 11.6 Å². The second kappa shape index (κ2) is 11.6. The number of methoxy groups -OCH3 is 1. The van der Waals surface area contributed by atoms with Crippen LogP contribution in [0.3, 0.4) is 0 Å². The van der Waals surface area contributed by atoms with E-state index < -0.39 is 5.91 Å². The molecular formula is C28H28N2O4. The fourth-order valence-corrected chi connectivity index (χ4v) is 3.10. The minimum Gasteiger partial charge on any atom is -0.497 e. The molecule has 3 rings (SSSR count). The number of nitrogens with zero attached hydrogens (tertiary/aromatic N) is 1. The van der Waals surface area contributed by atoms with Crippen LogP contribution < -0.4 is 19.5 Å². The zero-order valence-corrected chi connectivity index (χ0v) is 19.8. The average molecular weight is 457 g/mol. The second-order valence-corrected chi connectivity index (χ2v) is 7.99. The van der Waals surface area contributed by atoms with Gasteiger partial charge in [-0.25, -0.2) is 0 Å². The lowest BCUT2D eigenvalue weighted by molar-refractivity contribution is -0.112. The van der Waals surface area contributed by atoms with Crippen LogP contribution in [0.4, 0.5) is 5.69 Å². The Bertz CT molecular complexity index is 1190. The van der Waals surface area contributed by atoms with E-state index >= 15 is 0 Å². The van der Waals surface area contributed by atoms with E-state index in [0.29, 0.717) is 35.1 Å². The van der Waals surface area contributed by atoms with E-state index in [2.05, 4.69) is 5.32 Å². The molecule has 0 aliphatic heterocycles. The number of hydrogen-bond acceptors (Lipinski definition) is 5. The van der Waals surface area contributed by atoms with Gasteiger partial charge in [0.1, 0.15) is 35.5 Å². The zero-order chi connectivity index (χ0) is 24.5. The number of nitriles is 1. The van der Waals surface area contributed by atoms with Gasteiger partial charge >= 0.3 is 0 Å². The van der Waals surface area contributed by atoms with Gasteiger partial charge in [-0.3, -0.25) is 4.79 Å². The highest BCUT2D eigenvalue weighted by Gasteiger charge is 2.13. The summed E-state index contributed by atoms with van der Waals surface area (Å²) in [6.07, 6.45) is 1.43. The first-order valence-electron chi connectivity index (χ1n) is 10.9. The molecule has 174 valence electrons. The number of rotatable bonds is 9. The van der Waals surface area contributed by atoms with Gasteiger partial charge in [-0.05, 0) is 68.8 Å². The van der Waals surface area contributed by atoms with Crippen LogP contribution in [0.15, 0.2) is 72.3 Å². The molecule has 3 aromatic carbocycles. The van der Waals surface area contributed by atoms with Crippen molar-refractivity contribution in [1.29, 1.82) is 5.26 Å². The maximum absolute atomic E-state index is 12.7. The zero-order valence-electron chi connectivity index (χ0n) is 19.8. The van der Waals surface area contributed by atoms with Gasteiger partial charge in [0.15, 0.2) is 0 Å². The second-order valence-electron chi connectivity index (χ2n) is 7.99. The van der Waals surface area contributed by atoms with Crippen LogP contribution >= 0.6 is 0 Å². The Balaban J connectivity index is 1.68. The van der Waals surface area contributed by atoms with Crippen molar-refractivity contribution in [2.75, 3.05) is 12.4 Å². The van der Waals surface area contributed by atoms with Crippen molar-refractivity contribution in [1.82, 2.24) is 0 Å². The standard InChI is InChI=1S/C28H28N2O4/c1-19(2)34-27-16-26(32-4)12-9-22(27)15-23(17-29)28(31)30-24-10-13-25(14-11-24)33-18-21-7-5-20(3)6-8-21/h5-16,19H,18H2,1-4H3,(H,30,31)/b23-15+. The maximum Gasteiger partial charge on any atom is 0.266 e. The predicted octanol–water partition coefficient (Wildman–Crippen LogP) is 5.92. The molecule has 0 spiro atoms. The Morgan fingerprint density at radius 2 is 1.71 bits per heavy atom. The molecule has 0 aromatic heterocycles. The summed E-state index contributed by atoms with van der Waals surface area (Å²) in [5.74, 6) is 1.33. The number of amides is 1. The molecule has 0 radical (unpaired) electrons. The summed E-state index contributed by atoms with van der Waals surface area (Å²) in [4.78, 5) is 12.7. The highest BCUT2D eigenvalue weighted by molar-refractivity contribution is 6.09. The smallest absolute Gasteiger partial charge is 0.266 e. The van der Waals surface area contributed by atoms with Gasteiger partial charge in [0.2, 0.25) is 0 Å². The number of carbonyl (C=O) groups excluding carboxylic acids is 1. The van der Waals surface area contributed by atoms with Gasteiger partial charge in [-0.1, -0.05) is 29.8 Å². The third kappa shape index (κ3) is 6.88. The topological polar surface area (TPSA) is 80.6 Å². The van der Waals surface area contributed by atoms with Crippen LogP contribution in [0.5, 0.6) is 17.2 Å². The highest BCUT2D eigenvalue weighted by Crippen LogP contribution is 2.28. The SMILES string of the molecule is COc1ccc(/C=C(\C#N)C(=O)Nc2ccc(OCc3ccc(C)cc3)cc2)c(OC(C)C)c1. The van der Waals surface area contributed by atoms with E-state index in [1.807, 2.05) is 51.1 Å². The summed E-state index contributed by atoms with van der Waals surface area (Å²) in [7, 11) is 1.57. The molecule has 1 N–H and O–H groups in total. The molecule has 6 heteroatoms. The summed E-state index contributed by atoms with van der Waals surface area (Å²) in [6.45, 7) is 6.30. The fourth-order valence-electron chi connectivity index (χ4n) is 3.10. The summed E-state index contributed by atoms with van der Waals surface area (Å²) >= 11 is 0. The van der Waals surface area contributed by atoms with Crippen molar-refractivity contribution in [2.45, 2.75) is 33.5 Å². The third-order valence-electron chi connectivity index (χ3n) is 4.89. The van der Waals surface area contributed by atoms with Crippen LogP contribution in [-0.2, 0) is 11.4 Å². The maximum atomic E-state index is 12.7. The Morgan fingerprint density at radius 3 is 2.32 bits per heavy atom. The normalized spacial score (nSPS) is 11.0. The molecule has 1 amide bonds. The molecular weight excluding hydrogens is 428 g/mol. The van der Waals surface area contributed by atoms with E-state index in [1.54, 1.807) is 49.6 Å². The lowest BCUT2D eigenvalue weighted by Gasteiger charge is -2.14. The largest absolute Gasteiger partial charge is 0.497 e. The number of ether oxygens (including phenoxy) is 3. The van der Waals surface area contributed by atoms with E-state index in [9.17, 15) is 10.1 Å². The fraction of sp³-hybridized carbons (Fsp3) is 0.214. The van der Waals surface area contributed by atoms with Crippen LogP contribution in [0.2, 0.25) is 0 Å². The molecule has 0 atom stereocenters. The summed E-state index contributed by atoms with van der Waals surface area (Å²) in [5.41, 5.74) is 3.40. The summed E-state index contributed by atoms with van der Waals surface area (Å²) in [5, 5.41) is 12.3. The quantitative estimate of drug-likeness (QED) is 0.320. The first-order valence-corrected chi connectivity index (χ1v) is 10.9. The van der Waals surface area contributed by atoms with Crippen molar-refractivity contribution in [3.63, 3.8) is 0 Å². The third-order valence-corrected chi connectivity index (χ3v) is 4.89. The highest BCUT2D eigenvalue weighted by atomic mass is 16.5. The van der Waals surface area contributed by atoms with Crippen molar-refractivity contribution >= 4 is 17.7 Å². The first-order chi connectivity index (χ1) is 16.4. The summed E-state index contributed by atoms with van der Waals surface area (Å²) < 4.78 is 16.9. The van der Waals surface area contributed by atoms with Crippen LogP contribution in [0, 0.1) is 18.3 Å². The number of carbonyl (C=O) groups is 1. The van der Waals surface area contributed by atoms with Gasteiger partial charge in [-0.2, -0.15) is 5.26 Å². The number of aryl methyl sites for hydroxylation is 1. The van der Waals surface area contributed by atoms with Crippen molar-refractivity contribution in [3.8, 4) is 23.3 Å². The molecule has 0 bridgehead atoms. The Hall–Kier alpha value is -4.24. The molecule has 0 saturated heterocycles. The predicted molar refractivity (Wildman–Crippen MR) is 133 cm³/mol. The van der Waals surface area contributed by atoms with E-state index in [0.717, 1.165) is 5.56 Å². The molecule has 0 aliphatic rings. The van der Waals surface area contributed by atoms with Crippen molar-refractivity contribution < 1.29 is 19.0 Å². The van der Waals surface area contributed by atoms with Crippen LogP contribution in [0.1, 0.15) is 30.5 Å². The van der Waals surface area contributed by atoms with Gasteiger partial charge < -0.3 is 19.5 Å². The van der Waals surface area contributed by atoms with Gasteiger partial charge in [0, 0.05) is 17.3 Å². The van der Waals surface area contributed by atoms with E-state index in [4.69, 9.17) is 14.2 Å². The number of benzene rings is 3. The molecule has 0 aliphatic carbocycles. The lowest BCUT2D eigenvalue weighted by atomic mass is 10.1. The van der Waals surface area contributed by atoms with Gasteiger partial charge in [-0.15, -0.1) is 0 Å². The molecule has 6 nitrogen and oxygen atoms in total. The average Bonchev–Trinajstić information content (AvgIpc) is 2.83. The number of nitrogens with one attached hydrogen (secondary N) is 1.